The van der Waals surface area contributed by atoms with Crippen LogP contribution in [0.15, 0.2) is 29.2 Å². The molecule has 1 nitrogen and oxygen atoms in total. The van der Waals surface area contributed by atoms with E-state index >= 15 is 0 Å². The summed E-state index contributed by atoms with van der Waals surface area (Å²) < 4.78 is 0. The van der Waals surface area contributed by atoms with E-state index in [-0.39, 0.29) is 0 Å². The minimum atomic E-state index is 0.640. The van der Waals surface area contributed by atoms with Crippen LogP contribution in [0.4, 0.5) is 0 Å². The van der Waals surface area contributed by atoms with E-state index in [1.165, 1.54) is 35.5 Å². The maximum Gasteiger partial charge on any atom is 0.0189 e. The van der Waals surface area contributed by atoms with Crippen molar-refractivity contribution >= 4 is 11.8 Å². The Morgan fingerprint density at radius 2 is 1.68 bits per heavy atom. The van der Waals surface area contributed by atoms with Gasteiger partial charge in [0.1, 0.15) is 0 Å². The van der Waals surface area contributed by atoms with E-state index in [2.05, 4.69) is 57.3 Å². The molecule has 0 bridgehead atoms. The van der Waals surface area contributed by atoms with Crippen molar-refractivity contribution in [1.82, 2.24) is 5.32 Å². The molecule has 1 aromatic carbocycles. The molecule has 0 aromatic heterocycles. The summed E-state index contributed by atoms with van der Waals surface area (Å²) >= 11 is 1.98. The van der Waals surface area contributed by atoms with E-state index < -0.39 is 0 Å². The third-order valence-corrected chi connectivity index (χ3v) is 4.86. The van der Waals surface area contributed by atoms with Gasteiger partial charge >= 0.3 is 0 Å². The third-order valence-electron chi connectivity index (χ3n) is 3.72. The minimum absolute atomic E-state index is 0.640. The standard InChI is InChI=1S/C17H29NS/c1-5-12-18-17(15(6-2)7-3)13-19-16-10-8-14(4)9-11-16/h8-11,15,17-18H,5-7,12-13H2,1-4H3. The van der Waals surface area contributed by atoms with E-state index in [4.69, 9.17) is 0 Å². The Labute approximate surface area is 123 Å². The maximum atomic E-state index is 3.73. The normalized spacial score (nSPS) is 12.9. The highest BCUT2D eigenvalue weighted by Crippen LogP contribution is 2.23. The van der Waals surface area contributed by atoms with Crippen molar-refractivity contribution in [2.24, 2.45) is 5.92 Å². The fourth-order valence-corrected chi connectivity index (χ4v) is 3.46. The molecule has 1 aromatic rings. The van der Waals surface area contributed by atoms with Crippen LogP contribution >= 0.6 is 11.8 Å². The molecule has 0 aliphatic rings. The molecule has 0 fully saturated rings. The Morgan fingerprint density at radius 3 is 2.21 bits per heavy atom. The number of nitrogens with one attached hydrogen (secondary N) is 1. The first-order valence-corrected chi connectivity index (χ1v) is 8.62. The first kappa shape index (κ1) is 16.6. The topological polar surface area (TPSA) is 12.0 Å². The van der Waals surface area contributed by atoms with Crippen LogP contribution in [0.25, 0.3) is 0 Å². The molecule has 19 heavy (non-hydrogen) atoms. The molecule has 1 rings (SSSR count). The third kappa shape index (κ3) is 6.01. The lowest BCUT2D eigenvalue weighted by Crippen LogP contribution is -2.38. The van der Waals surface area contributed by atoms with Crippen molar-refractivity contribution in [3.8, 4) is 0 Å². The molecule has 108 valence electrons. The van der Waals surface area contributed by atoms with Crippen LogP contribution in [0.3, 0.4) is 0 Å². The van der Waals surface area contributed by atoms with Crippen LogP contribution in [0.1, 0.15) is 45.6 Å². The van der Waals surface area contributed by atoms with Gasteiger partial charge in [-0.25, -0.2) is 0 Å². The molecule has 1 atom stereocenters. The molecule has 0 aliphatic carbocycles. The second-order valence-electron chi connectivity index (χ2n) is 5.26. The smallest absolute Gasteiger partial charge is 0.0189 e. The molecule has 1 N–H and O–H groups in total. The predicted octanol–water partition coefficient (Wildman–Crippen LogP) is 4.89. The number of benzene rings is 1. The van der Waals surface area contributed by atoms with Gasteiger partial charge in [-0.3, -0.25) is 0 Å². The van der Waals surface area contributed by atoms with Gasteiger partial charge in [-0.15, -0.1) is 11.8 Å². The van der Waals surface area contributed by atoms with Gasteiger partial charge in [0.15, 0.2) is 0 Å². The van der Waals surface area contributed by atoms with Crippen molar-refractivity contribution in [1.29, 1.82) is 0 Å². The molecule has 0 amide bonds. The van der Waals surface area contributed by atoms with Gasteiger partial charge in [-0.1, -0.05) is 51.3 Å². The fourth-order valence-electron chi connectivity index (χ4n) is 2.37. The van der Waals surface area contributed by atoms with E-state index in [9.17, 15) is 0 Å². The van der Waals surface area contributed by atoms with Gasteiger partial charge < -0.3 is 5.32 Å². The Balaban J connectivity index is 2.53. The van der Waals surface area contributed by atoms with E-state index in [0.717, 1.165) is 12.5 Å². The molecular formula is C17H29NS. The highest BCUT2D eigenvalue weighted by molar-refractivity contribution is 7.99. The summed E-state index contributed by atoms with van der Waals surface area (Å²) in [7, 11) is 0. The summed E-state index contributed by atoms with van der Waals surface area (Å²) in [4.78, 5) is 1.39. The van der Waals surface area contributed by atoms with Gasteiger partial charge in [0.05, 0.1) is 0 Å². The van der Waals surface area contributed by atoms with Gasteiger partial charge in [0.25, 0.3) is 0 Å². The lowest BCUT2D eigenvalue weighted by Gasteiger charge is -2.26. The average Bonchev–Trinajstić information content (AvgIpc) is 2.44. The second kappa shape index (κ2) is 9.44. The van der Waals surface area contributed by atoms with E-state index in [1.807, 2.05) is 11.8 Å². The van der Waals surface area contributed by atoms with Crippen LogP contribution in [0.2, 0.25) is 0 Å². The van der Waals surface area contributed by atoms with Crippen LogP contribution in [-0.4, -0.2) is 18.3 Å². The van der Waals surface area contributed by atoms with Gasteiger partial charge in [-0.05, 0) is 37.9 Å². The van der Waals surface area contributed by atoms with E-state index in [1.54, 1.807) is 0 Å². The van der Waals surface area contributed by atoms with E-state index in [0.29, 0.717) is 6.04 Å². The van der Waals surface area contributed by atoms with Crippen LogP contribution < -0.4 is 5.32 Å². The zero-order valence-corrected chi connectivity index (χ0v) is 13.7. The highest BCUT2D eigenvalue weighted by atomic mass is 32.2. The number of aryl methyl sites for hydroxylation is 1. The number of hydrogen-bond donors (Lipinski definition) is 1. The van der Waals surface area contributed by atoms with Crippen LogP contribution in [0, 0.1) is 12.8 Å². The first-order valence-electron chi connectivity index (χ1n) is 7.64. The average molecular weight is 279 g/mol. The SMILES string of the molecule is CCCNC(CSc1ccc(C)cc1)C(CC)CC. The highest BCUT2D eigenvalue weighted by Gasteiger charge is 2.17. The number of thioether (sulfide) groups is 1. The Kier molecular flexibility index (Phi) is 8.24. The molecule has 0 heterocycles. The predicted molar refractivity (Wildman–Crippen MR) is 88.1 cm³/mol. The monoisotopic (exact) mass is 279 g/mol. The Hall–Kier alpha value is -0.470. The Morgan fingerprint density at radius 1 is 1.05 bits per heavy atom. The lowest BCUT2D eigenvalue weighted by molar-refractivity contribution is 0.360. The van der Waals surface area contributed by atoms with Crippen molar-refractivity contribution in [3.05, 3.63) is 29.8 Å². The van der Waals surface area contributed by atoms with Gasteiger partial charge in [0.2, 0.25) is 0 Å². The van der Waals surface area contributed by atoms with Crippen molar-refractivity contribution < 1.29 is 0 Å². The molecule has 0 spiro atoms. The molecule has 0 saturated carbocycles. The summed E-state index contributed by atoms with van der Waals surface area (Å²) in [6.07, 6.45) is 3.75. The molecule has 0 radical (unpaired) electrons. The molecule has 0 saturated heterocycles. The summed E-state index contributed by atoms with van der Waals surface area (Å²) in [5.41, 5.74) is 1.34. The molecule has 0 aliphatic heterocycles. The van der Waals surface area contributed by atoms with Crippen molar-refractivity contribution in [3.63, 3.8) is 0 Å². The fraction of sp³-hybridized carbons (Fsp3) is 0.647. The van der Waals surface area contributed by atoms with Crippen LogP contribution in [0.5, 0.6) is 0 Å². The zero-order chi connectivity index (χ0) is 14.1. The summed E-state index contributed by atoms with van der Waals surface area (Å²) in [5.74, 6) is 1.97. The number of rotatable bonds is 9. The first-order chi connectivity index (χ1) is 9.21. The second-order valence-corrected chi connectivity index (χ2v) is 6.35. The van der Waals surface area contributed by atoms with Gasteiger partial charge in [-0.2, -0.15) is 0 Å². The molecular weight excluding hydrogens is 250 g/mol. The molecule has 2 heteroatoms. The summed E-state index contributed by atoms with van der Waals surface area (Å²) in [5, 5.41) is 3.73. The van der Waals surface area contributed by atoms with Crippen molar-refractivity contribution in [2.45, 2.75) is 57.9 Å². The summed E-state index contributed by atoms with van der Waals surface area (Å²) in [6.45, 7) is 10.1. The zero-order valence-electron chi connectivity index (χ0n) is 12.9. The van der Waals surface area contributed by atoms with Crippen LogP contribution in [-0.2, 0) is 0 Å². The quantitative estimate of drug-likeness (QED) is 0.646. The number of hydrogen-bond acceptors (Lipinski definition) is 2. The molecule has 1 unspecified atom stereocenters. The summed E-state index contributed by atoms with van der Waals surface area (Å²) in [6, 6.07) is 9.52. The largest absolute Gasteiger partial charge is 0.313 e. The Bertz CT molecular complexity index is 330. The maximum absolute atomic E-state index is 3.73. The minimum Gasteiger partial charge on any atom is -0.313 e. The lowest BCUT2D eigenvalue weighted by atomic mass is 9.95. The van der Waals surface area contributed by atoms with Crippen molar-refractivity contribution in [2.75, 3.05) is 12.3 Å². The van der Waals surface area contributed by atoms with Gasteiger partial charge in [0, 0.05) is 16.7 Å².